The van der Waals surface area contributed by atoms with Gasteiger partial charge in [0.1, 0.15) is 0 Å². The molecule has 2 N–H and O–H groups in total. The van der Waals surface area contributed by atoms with Crippen LogP contribution in [0.5, 0.6) is 0 Å². The SMILES string of the molecule is CC1CC(C)CC(CO)(Nc2ccc(Cl)c(Br)c2)C1. The van der Waals surface area contributed by atoms with Crippen molar-refractivity contribution in [2.75, 3.05) is 11.9 Å². The largest absolute Gasteiger partial charge is 0.394 e. The molecular formula is C15H21BrClNO. The fourth-order valence-electron chi connectivity index (χ4n) is 3.42. The molecule has 4 heteroatoms. The molecule has 2 unspecified atom stereocenters. The number of anilines is 1. The van der Waals surface area contributed by atoms with Gasteiger partial charge in [-0.25, -0.2) is 0 Å². The second kappa shape index (κ2) is 6.02. The van der Waals surface area contributed by atoms with Crippen molar-refractivity contribution in [3.63, 3.8) is 0 Å². The lowest BCUT2D eigenvalue weighted by atomic mass is 9.72. The Balaban J connectivity index is 2.19. The Kier molecular flexibility index (Phi) is 4.80. The van der Waals surface area contributed by atoms with E-state index >= 15 is 0 Å². The predicted octanol–water partition coefficient (Wildman–Crippen LogP) is 4.70. The van der Waals surface area contributed by atoms with Crippen molar-refractivity contribution in [2.45, 2.75) is 38.6 Å². The minimum atomic E-state index is -0.204. The molecule has 0 saturated heterocycles. The molecule has 1 aliphatic rings. The molecular weight excluding hydrogens is 326 g/mol. The molecule has 0 amide bonds. The minimum Gasteiger partial charge on any atom is -0.394 e. The fourth-order valence-corrected chi connectivity index (χ4v) is 3.92. The maximum absolute atomic E-state index is 9.86. The zero-order valence-electron chi connectivity index (χ0n) is 11.4. The number of benzene rings is 1. The van der Waals surface area contributed by atoms with Gasteiger partial charge in [-0.05, 0) is 65.2 Å². The Morgan fingerprint density at radius 3 is 2.53 bits per heavy atom. The summed E-state index contributed by atoms with van der Waals surface area (Å²) in [5.41, 5.74) is 0.802. The van der Waals surface area contributed by atoms with Crippen LogP contribution < -0.4 is 5.32 Å². The summed E-state index contributed by atoms with van der Waals surface area (Å²) in [5, 5.41) is 14.1. The molecule has 0 heterocycles. The highest BCUT2D eigenvalue weighted by atomic mass is 79.9. The monoisotopic (exact) mass is 345 g/mol. The van der Waals surface area contributed by atoms with Gasteiger partial charge in [-0.2, -0.15) is 0 Å². The predicted molar refractivity (Wildman–Crippen MR) is 84.8 cm³/mol. The summed E-state index contributed by atoms with van der Waals surface area (Å²) in [7, 11) is 0. The van der Waals surface area contributed by atoms with E-state index < -0.39 is 0 Å². The third-order valence-electron chi connectivity index (χ3n) is 3.91. The molecule has 2 atom stereocenters. The van der Waals surface area contributed by atoms with Gasteiger partial charge in [0.05, 0.1) is 17.2 Å². The Hall–Kier alpha value is -0.250. The van der Waals surface area contributed by atoms with Crippen LogP contribution in [0, 0.1) is 11.8 Å². The van der Waals surface area contributed by atoms with Crippen LogP contribution in [0.25, 0.3) is 0 Å². The van der Waals surface area contributed by atoms with E-state index in [1.807, 2.05) is 18.2 Å². The first-order valence-electron chi connectivity index (χ1n) is 6.78. The van der Waals surface area contributed by atoms with Gasteiger partial charge in [0.25, 0.3) is 0 Å². The van der Waals surface area contributed by atoms with Gasteiger partial charge in [0.15, 0.2) is 0 Å². The van der Waals surface area contributed by atoms with Crippen LogP contribution in [0.4, 0.5) is 5.69 Å². The van der Waals surface area contributed by atoms with Crippen molar-refractivity contribution < 1.29 is 5.11 Å². The number of aliphatic hydroxyl groups is 1. The van der Waals surface area contributed by atoms with E-state index in [1.165, 1.54) is 6.42 Å². The third kappa shape index (κ3) is 3.65. The van der Waals surface area contributed by atoms with Gasteiger partial charge in [0.2, 0.25) is 0 Å². The molecule has 0 spiro atoms. The van der Waals surface area contributed by atoms with E-state index in [9.17, 15) is 5.11 Å². The van der Waals surface area contributed by atoms with E-state index in [1.54, 1.807) is 0 Å². The van der Waals surface area contributed by atoms with Gasteiger partial charge in [-0.1, -0.05) is 25.4 Å². The summed E-state index contributed by atoms with van der Waals surface area (Å²) in [6, 6.07) is 5.81. The second-order valence-electron chi connectivity index (χ2n) is 6.05. The highest BCUT2D eigenvalue weighted by Gasteiger charge is 2.37. The Bertz CT molecular complexity index is 442. The van der Waals surface area contributed by atoms with Crippen LogP contribution in [-0.2, 0) is 0 Å². The maximum Gasteiger partial charge on any atom is 0.0661 e. The van der Waals surface area contributed by atoms with E-state index in [-0.39, 0.29) is 12.1 Å². The first kappa shape index (κ1) is 15.1. The van der Waals surface area contributed by atoms with Gasteiger partial charge < -0.3 is 10.4 Å². The Morgan fingerprint density at radius 1 is 1.37 bits per heavy atom. The lowest BCUT2D eigenvalue weighted by Crippen LogP contribution is -2.48. The zero-order chi connectivity index (χ0) is 14.0. The number of nitrogens with one attached hydrogen (secondary N) is 1. The Morgan fingerprint density at radius 2 is 2.00 bits per heavy atom. The van der Waals surface area contributed by atoms with Gasteiger partial charge in [-0.3, -0.25) is 0 Å². The van der Waals surface area contributed by atoms with Crippen molar-refractivity contribution in [1.29, 1.82) is 0 Å². The van der Waals surface area contributed by atoms with E-state index in [0.29, 0.717) is 16.9 Å². The second-order valence-corrected chi connectivity index (χ2v) is 7.31. The number of aliphatic hydroxyl groups excluding tert-OH is 1. The van der Waals surface area contributed by atoms with E-state index in [4.69, 9.17) is 11.6 Å². The maximum atomic E-state index is 9.86. The fraction of sp³-hybridized carbons (Fsp3) is 0.600. The summed E-state index contributed by atoms with van der Waals surface area (Å²) in [6.45, 7) is 4.70. The van der Waals surface area contributed by atoms with Crippen LogP contribution >= 0.6 is 27.5 Å². The molecule has 0 bridgehead atoms. The number of rotatable bonds is 3. The van der Waals surface area contributed by atoms with Gasteiger partial charge in [-0.15, -0.1) is 0 Å². The molecule has 1 saturated carbocycles. The molecule has 0 aromatic heterocycles. The van der Waals surface area contributed by atoms with Crippen molar-refractivity contribution in [2.24, 2.45) is 11.8 Å². The minimum absolute atomic E-state index is 0.169. The van der Waals surface area contributed by atoms with Crippen molar-refractivity contribution >= 4 is 33.2 Å². The molecule has 1 fully saturated rings. The van der Waals surface area contributed by atoms with Crippen molar-refractivity contribution in [3.8, 4) is 0 Å². The Labute approximate surface area is 128 Å². The quantitative estimate of drug-likeness (QED) is 0.831. The van der Waals surface area contributed by atoms with Crippen LogP contribution in [0.15, 0.2) is 22.7 Å². The highest BCUT2D eigenvalue weighted by molar-refractivity contribution is 9.10. The molecule has 0 aliphatic heterocycles. The van der Waals surface area contributed by atoms with Crippen LogP contribution in [0.1, 0.15) is 33.1 Å². The number of halogens is 2. The summed E-state index contributed by atoms with van der Waals surface area (Å²) < 4.78 is 0.879. The van der Waals surface area contributed by atoms with Gasteiger partial charge in [0, 0.05) is 10.2 Å². The summed E-state index contributed by atoms with van der Waals surface area (Å²) in [4.78, 5) is 0. The van der Waals surface area contributed by atoms with Crippen LogP contribution in [-0.4, -0.2) is 17.3 Å². The first-order chi connectivity index (χ1) is 8.94. The average Bonchev–Trinajstić information content (AvgIpc) is 2.32. The van der Waals surface area contributed by atoms with E-state index in [0.717, 1.165) is 23.0 Å². The lowest BCUT2D eigenvalue weighted by Gasteiger charge is -2.43. The van der Waals surface area contributed by atoms with Crippen molar-refractivity contribution in [3.05, 3.63) is 27.7 Å². The molecule has 1 aromatic rings. The molecule has 1 aliphatic carbocycles. The van der Waals surface area contributed by atoms with E-state index in [2.05, 4.69) is 35.1 Å². The first-order valence-corrected chi connectivity index (χ1v) is 7.95. The topological polar surface area (TPSA) is 32.3 Å². The molecule has 19 heavy (non-hydrogen) atoms. The molecule has 106 valence electrons. The number of hydrogen-bond donors (Lipinski definition) is 2. The van der Waals surface area contributed by atoms with Gasteiger partial charge >= 0.3 is 0 Å². The standard InChI is InChI=1S/C15H21BrClNO/c1-10-5-11(2)8-15(7-10,9-19)18-12-3-4-14(17)13(16)6-12/h3-4,6,10-11,18-19H,5,7-9H2,1-2H3. The molecule has 0 radical (unpaired) electrons. The highest BCUT2D eigenvalue weighted by Crippen LogP contribution is 2.38. The molecule has 1 aromatic carbocycles. The molecule has 2 rings (SSSR count). The smallest absolute Gasteiger partial charge is 0.0661 e. The summed E-state index contributed by atoms with van der Waals surface area (Å²) in [5.74, 6) is 1.28. The normalized spacial score (nSPS) is 31.2. The summed E-state index contributed by atoms with van der Waals surface area (Å²) >= 11 is 9.45. The van der Waals surface area contributed by atoms with Crippen molar-refractivity contribution in [1.82, 2.24) is 0 Å². The molecule has 2 nitrogen and oxygen atoms in total. The average molecular weight is 347 g/mol. The number of hydrogen-bond acceptors (Lipinski definition) is 2. The zero-order valence-corrected chi connectivity index (χ0v) is 13.8. The summed E-state index contributed by atoms with van der Waals surface area (Å²) in [6.07, 6.45) is 3.26. The van der Waals surface area contributed by atoms with Crippen LogP contribution in [0.2, 0.25) is 5.02 Å². The lowest BCUT2D eigenvalue weighted by molar-refractivity contribution is 0.122. The van der Waals surface area contributed by atoms with Crippen LogP contribution in [0.3, 0.4) is 0 Å². The third-order valence-corrected chi connectivity index (χ3v) is 5.13.